The molecule has 0 aliphatic carbocycles. The maximum atomic E-state index is 12.0. The minimum atomic E-state index is -0.665. The first-order valence-corrected chi connectivity index (χ1v) is 5.96. The molecule has 0 aliphatic heterocycles. The average Bonchev–Trinajstić information content (AvgIpc) is 2.78. The van der Waals surface area contributed by atoms with Crippen molar-refractivity contribution in [2.75, 3.05) is 7.11 Å². The van der Waals surface area contributed by atoms with Gasteiger partial charge in [-0.25, -0.2) is 4.79 Å². The number of nitrogens with zero attached hydrogens (tertiary/aromatic N) is 1. The van der Waals surface area contributed by atoms with Crippen molar-refractivity contribution in [1.29, 1.82) is 0 Å². The lowest BCUT2D eigenvalue weighted by Gasteiger charge is -2.11. The van der Waals surface area contributed by atoms with Crippen LogP contribution < -0.4 is 5.32 Å². The van der Waals surface area contributed by atoms with E-state index < -0.39 is 12.0 Å². The number of methoxy groups -OCH3 is 1. The molecule has 0 saturated heterocycles. The maximum absolute atomic E-state index is 12.0. The Kier molecular flexibility index (Phi) is 3.55. The molecule has 5 heteroatoms. The molecule has 1 amide bonds. The minimum absolute atomic E-state index is 0.291. The fourth-order valence-electron chi connectivity index (χ4n) is 1.92. The molecule has 1 unspecified atom stereocenters. The Morgan fingerprint density at radius 3 is 2.74 bits per heavy atom. The van der Waals surface area contributed by atoms with Crippen LogP contribution in [0.25, 0.3) is 10.9 Å². The van der Waals surface area contributed by atoms with E-state index in [-0.39, 0.29) is 5.91 Å². The number of carbonyl (C=O) groups is 2. The van der Waals surface area contributed by atoms with Crippen molar-refractivity contribution in [3.8, 4) is 0 Å². The molecule has 0 bridgehead atoms. The number of fused-ring (bicyclic) bond motifs is 1. The van der Waals surface area contributed by atoms with E-state index in [1.165, 1.54) is 7.11 Å². The van der Waals surface area contributed by atoms with Gasteiger partial charge < -0.3 is 14.6 Å². The van der Waals surface area contributed by atoms with Crippen molar-refractivity contribution >= 4 is 22.8 Å². The molecule has 1 atom stereocenters. The lowest BCUT2D eigenvalue weighted by Crippen LogP contribution is -2.39. The number of nitrogens with one attached hydrogen (secondary N) is 1. The molecule has 0 saturated carbocycles. The molecule has 0 aliphatic rings. The van der Waals surface area contributed by atoms with Gasteiger partial charge in [-0.2, -0.15) is 0 Å². The van der Waals surface area contributed by atoms with Gasteiger partial charge in [-0.15, -0.1) is 0 Å². The van der Waals surface area contributed by atoms with Gasteiger partial charge in [-0.3, -0.25) is 4.79 Å². The average molecular weight is 260 g/mol. The highest BCUT2D eigenvalue weighted by atomic mass is 16.5. The van der Waals surface area contributed by atoms with Crippen molar-refractivity contribution < 1.29 is 14.3 Å². The third kappa shape index (κ3) is 2.59. The summed E-state index contributed by atoms with van der Waals surface area (Å²) in [6.45, 7) is 1.59. The number of benzene rings is 1. The molecule has 2 rings (SSSR count). The van der Waals surface area contributed by atoms with Gasteiger partial charge >= 0.3 is 5.97 Å². The Hall–Kier alpha value is -2.30. The van der Waals surface area contributed by atoms with Gasteiger partial charge in [0, 0.05) is 24.3 Å². The van der Waals surface area contributed by atoms with Gasteiger partial charge in [-0.1, -0.05) is 6.07 Å². The van der Waals surface area contributed by atoms with Crippen LogP contribution in [-0.4, -0.2) is 29.6 Å². The molecule has 100 valence electrons. The van der Waals surface area contributed by atoms with E-state index in [2.05, 4.69) is 10.1 Å². The summed E-state index contributed by atoms with van der Waals surface area (Å²) in [5.41, 5.74) is 1.49. The number of amides is 1. The summed E-state index contributed by atoms with van der Waals surface area (Å²) >= 11 is 0. The first-order chi connectivity index (χ1) is 9.02. The zero-order valence-electron chi connectivity index (χ0n) is 11.1. The molecule has 0 spiro atoms. The van der Waals surface area contributed by atoms with Crippen molar-refractivity contribution in [2.45, 2.75) is 13.0 Å². The molecule has 1 N–H and O–H groups in total. The van der Waals surface area contributed by atoms with Crippen LogP contribution in [0.1, 0.15) is 17.3 Å². The van der Waals surface area contributed by atoms with E-state index in [1.54, 1.807) is 19.1 Å². The topological polar surface area (TPSA) is 60.3 Å². The van der Waals surface area contributed by atoms with Crippen LogP contribution in [0.15, 0.2) is 30.5 Å². The standard InChI is InChI=1S/C14H16N2O3/c1-9(14(18)19-3)15-13(17)11-5-4-10-6-7-16(2)12(10)8-11/h4-9H,1-3H3,(H,15,17). The summed E-state index contributed by atoms with van der Waals surface area (Å²) in [4.78, 5) is 23.3. The van der Waals surface area contributed by atoms with Crippen molar-refractivity contribution in [3.05, 3.63) is 36.0 Å². The molecular formula is C14H16N2O3. The van der Waals surface area contributed by atoms with E-state index in [4.69, 9.17) is 0 Å². The minimum Gasteiger partial charge on any atom is -0.467 e. The molecule has 2 aromatic rings. The molecule has 0 radical (unpaired) electrons. The van der Waals surface area contributed by atoms with Crippen molar-refractivity contribution in [3.63, 3.8) is 0 Å². The number of hydrogen-bond donors (Lipinski definition) is 1. The lowest BCUT2D eigenvalue weighted by molar-refractivity contribution is -0.142. The van der Waals surface area contributed by atoms with Gasteiger partial charge in [0.25, 0.3) is 5.91 Å². The third-order valence-corrected chi connectivity index (χ3v) is 3.05. The van der Waals surface area contributed by atoms with Gasteiger partial charge in [0.05, 0.1) is 7.11 Å². The fourth-order valence-corrected chi connectivity index (χ4v) is 1.92. The Balaban J connectivity index is 2.21. The van der Waals surface area contributed by atoms with Crippen LogP contribution >= 0.6 is 0 Å². The Morgan fingerprint density at radius 2 is 2.05 bits per heavy atom. The van der Waals surface area contributed by atoms with Gasteiger partial charge in [0.2, 0.25) is 0 Å². The first kappa shape index (κ1) is 13.1. The number of carbonyl (C=O) groups excluding carboxylic acids is 2. The lowest BCUT2D eigenvalue weighted by atomic mass is 10.1. The maximum Gasteiger partial charge on any atom is 0.328 e. The number of esters is 1. The van der Waals surface area contributed by atoms with Gasteiger partial charge in [0.15, 0.2) is 0 Å². The van der Waals surface area contributed by atoms with Crippen LogP contribution in [0, 0.1) is 0 Å². The second-order valence-electron chi connectivity index (χ2n) is 4.42. The largest absolute Gasteiger partial charge is 0.467 e. The molecule has 1 aromatic carbocycles. The number of hydrogen-bond acceptors (Lipinski definition) is 3. The summed E-state index contributed by atoms with van der Waals surface area (Å²) in [5.74, 6) is -0.755. The fraction of sp³-hybridized carbons (Fsp3) is 0.286. The van der Waals surface area contributed by atoms with Crippen LogP contribution in [0.4, 0.5) is 0 Å². The second kappa shape index (κ2) is 5.14. The van der Waals surface area contributed by atoms with Gasteiger partial charge in [-0.05, 0) is 30.5 Å². The molecule has 1 aromatic heterocycles. The highest BCUT2D eigenvalue weighted by molar-refractivity contribution is 5.99. The summed E-state index contributed by atoms with van der Waals surface area (Å²) in [5, 5.41) is 3.67. The van der Waals surface area contributed by atoms with E-state index in [0.717, 1.165) is 10.9 Å². The number of aromatic nitrogens is 1. The Bertz CT molecular complexity index is 631. The zero-order valence-corrected chi connectivity index (χ0v) is 11.1. The predicted molar refractivity (Wildman–Crippen MR) is 71.9 cm³/mol. The molecule has 0 fully saturated rings. The van der Waals surface area contributed by atoms with E-state index in [9.17, 15) is 9.59 Å². The number of aryl methyl sites for hydroxylation is 1. The molecule has 19 heavy (non-hydrogen) atoms. The van der Waals surface area contributed by atoms with Crippen LogP contribution in [0.5, 0.6) is 0 Å². The molecule has 5 nitrogen and oxygen atoms in total. The van der Waals surface area contributed by atoms with Crippen molar-refractivity contribution in [2.24, 2.45) is 7.05 Å². The van der Waals surface area contributed by atoms with Crippen LogP contribution in [0.3, 0.4) is 0 Å². The Morgan fingerprint density at radius 1 is 1.32 bits per heavy atom. The van der Waals surface area contributed by atoms with E-state index in [0.29, 0.717) is 5.56 Å². The smallest absolute Gasteiger partial charge is 0.328 e. The van der Waals surface area contributed by atoms with E-state index in [1.807, 2.05) is 29.9 Å². The zero-order chi connectivity index (χ0) is 14.0. The Labute approximate surface area is 111 Å². The highest BCUT2D eigenvalue weighted by Gasteiger charge is 2.17. The normalized spacial score (nSPS) is 12.2. The predicted octanol–water partition coefficient (Wildman–Crippen LogP) is 1.47. The SMILES string of the molecule is COC(=O)C(C)NC(=O)c1ccc2ccn(C)c2c1. The molecular weight excluding hydrogens is 244 g/mol. The van der Waals surface area contributed by atoms with Crippen LogP contribution in [0.2, 0.25) is 0 Å². The van der Waals surface area contributed by atoms with Crippen LogP contribution in [-0.2, 0) is 16.6 Å². The van der Waals surface area contributed by atoms with E-state index >= 15 is 0 Å². The monoisotopic (exact) mass is 260 g/mol. The highest BCUT2D eigenvalue weighted by Crippen LogP contribution is 2.16. The number of rotatable bonds is 3. The summed E-state index contributed by atoms with van der Waals surface area (Å²) in [6.07, 6.45) is 1.93. The van der Waals surface area contributed by atoms with Gasteiger partial charge in [0.1, 0.15) is 6.04 Å². The summed E-state index contributed by atoms with van der Waals surface area (Å²) in [6, 6.07) is 6.74. The second-order valence-corrected chi connectivity index (χ2v) is 4.42. The third-order valence-electron chi connectivity index (χ3n) is 3.05. The summed E-state index contributed by atoms with van der Waals surface area (Å²) in [7, 11) is 3.21. The summed E-state index contributed by atoms with van der Waals surface area (Å²) < 4.78 is 6.51. The first-order valence-electron chi connectivity index (χ1n) is 5.96. The van der Waals surface area contributed by atoms with Crippen molar-refractivity contribution in [1.82, 2.24) is 9.88 Å². The number of ether oxygens (including phenoxy) is 1. The quantitative estimate of drug-likeness (QED) is 0.850. The molecule has 1 heterocycles.